The standard InChI is InChI=1S/2C8H9N/c1-2-4-8(5-3-1)9-6-7-9;1-2-4-7(5-3-1)8-6-9-8/h1-5H,6-7H2;1-5,8-9H,6H2. The number of anilines is 1. The van der Waals surface area contributed by atoms with Gasteiger partial charge in [-0.2, -0.15) is 0 Å². The van der Waals surface area contributed by atoms with Crippen LogP contribution in [-0.4, -0.2) is 19.6 Å². The lowest BCUT2D eigenvalue weighted by molar-refractivity contribution is 1.08. The summed E-state index contributed by atoms with van der Waals surface area (Å²) in [6, 6.07) is 21.7. The first kappa shape index (κ1) is 11.3. The molecule has 0 radical (unpaired) electrons. The maximum Gasteiger partial charge on any atom is 0.0447 e. The molecule has 2 nitrogen and oxygen atoms in total. The van der Waals surface area contributed by atoms with E-state index >= 15 is 0 Å². The Balaban J connectivity index is 0.000000111. The second-order valence-corrected chi connectivity index (χ2v) is 4.69. The molecule has 2 aromatic carbocycles. The molecule has 2 heteroatoms. The van der Waals surface area contributed by atoms with Crippen molar-refractivity contribution >= 4 is 5.69 Å². The minimum Gasteiger partial charge on any atom is -0.368 e. The molecular weight excluding hydrogens is 220 g/mol. The maximum absolute atomic E-state index is 3.25. The van der Waals surface area contributed by atoms with Crippen molar-refractivity contribution in [2.24, 2.45) is 0 Å². The van der Waals surface area contributed by atoms with Crippen LogP contribution in [0.2, 0.25) is 0 Å². The minimum absolute atomic E-state index is 0.659. The molecule has 2 aliphatic heterocycles. The molecule has 2 fully saturated rings. The van der Waals surface area contributed by atoms with Crippen LogP contribution in [0.25, 0.3) is 0 Å². The molecule has 1 atom stereocenters. The van der Waals surface area contributed by atoms with E-state index in [1.165, 1.54) is 24.3 Å². The van der Waals surface area contributed by atoms with Gasteiger partial charge in [0.05, 0.1) is 0 Å². The van der Waals surface area contributed by atoms with Gasteiger partial charge in [-0.3, -0.25) is 0 Å². The van der Waals surface area contributed by atoms with Gasteiger partial charge in [-0.05, 0) is 17.7 Å². The zero-order valence-corrected chi connectivity index (χ0v) is 10.4. The summed E-state index contributed by atoms with van der Waals surface area (Å²) in [5.41, 5.74) is 2.77. The van der Waals surface area contributed by atoms with Gasteiger partial charge < -0.3 is 10.2 Å². The minimum atomic E-state index is 0.659. The van der Waals surface area contributed by atoms with Crippen molar-refractivity contribution < 1.29 is 0 Å². The van der Waals surface area contributed by atoms with Crippen LogP contribution in [0, 0.1) is 0 Å². The molecule has 4 rings (SSSR count). The van der Waals surface area contributed by atoms with Crippen molar-refractivity contribution in [2.45, 2.75) is 6.04 Å². The Bertz CT molecular complexity index is 425. The molecule has 0 aromatic heterocycles. The zero-order chi connectivity index (χ0) is 12.2. The molecule has 1 unspecified atom stereocenters. The first-order chi connectivity index (χ1) is 8.93. The fourth-order valence-corrected chi connectivity index (χ4v) is 1.93. The van der Waals surface area contributed by atoms with E-state index in [1.807, 2.05) is 12.1 Å². The summed E-state index contributed by atoms with van der Waals surface area (Å²) in [6.07, 6.45) is 0. The highest BCUT2D eigenvalue weighted by Crippen LogP contribution is 2.20. The zero-order valence-electron chi connectivity index (χ0n) is 10.4. The Labute approximate surface area is 108 Å². The van der Waals surface area contributed by atoms with E-state index in [-0.39, 0.29) is 0 Å². The summed E-state index contributed by atoms with van der Waals surface area (Å²) >= 11 is 0. The molecule has 0 saturated carbocycles. The Morgan fingerprint density at radius 2 is 1.39 bits per heavy atom. The van der Waals surface area contributed by atoms with Crippen LogP contribution in [-0.2, 0) is 0 Å². The molecule has 2 aliphatic rings. The molecule has 2 heterocycles. The molecule has 0 amide bonds. The van der Waals surface area contributed by atoms with E-state index < -0.39 is 0 Å². The summed E-state index contributed by atoms with van der Waals surface area (Å²) in [5, 5.41) is 3.25. The van der Waals surface area contributed by atoms with Crippen LogP contribution in [0.1, 0.15) is 11.6 Å². The second kappa shape index (κ2) is 5.23. The summed E-state index contributed by atoms with van der Waals surface area (Å²) in [5.74, 6) is 0. The van der Waals surface area contributed by atoms with Crippen LogP contribution in [0.15, 0.2) is 60.7 Å². The van der Waals surface area contributed by atoms with Gasteiger partial charge >= 0.3 is 0 Å². The van der Waals surface area contributed by atoms with Crippen molar-refractivity contribution in [3.63, 3.8) is 0 Å². The topological polar surface area (TPSA) is 25.0 Å². The van der Waals surface area contributed by atoms with E-state index in [9.17, 15) is 0 Å². The van der Waals surface area contributed by atoms with E-state index in [2.05, 4.69) is 58.7 Å². The lowest BCUT2D eigenvalue weighted by atomic mass is 10.2. The largest absolute Gasteiger partial charge is 0.368 e. The third kappa shape index (κ3) is 3.11. The number of hydrogen-bond donors (Lipinski definition) is 1. The molecular formula is C16H18N2. The molecule has 0 aliphatic carbocycles. The normalized spacial score (nSPS) is 19.8. The molecule has 0 spiro atoms. The first-order valence-corrected chi connectivity index (χ1v) is 6.52. The summed E-state index contributed by atoms with van der Waals surface area (Å²) in [4.78, 5) is 2.33. The van der Waals surface area contributed by atoms with Crippen LogP contribution < -0.4 is 10.2 Å². The van der Waals surface area contributed by atoms with Crippen molar-refractivity contribution in [3.05, 3.63) is 66.2 Å². The first-order valence-electron chi connectivity index (χ1n) is 6.52. The van der Waals surface area contributed by atoms with Crippen LogP contribution in [0.4, 0.5) is 5.69 Å². The van der Waals surface area contributed by atoms with E-state index in [0.29, 0.717) is 6.04 Å². The molecule has 2 aromatic rings. The third-order valence-electron chi connectivity index (χ3n) is 3.18. The predicted octanol–water partition coefficient (Wildman–Crippen LogP) is 2.84. The number of nitrogens with one attached hydrogen (secondary N) is 1. The Hall–Kier alpha value is -1.80. The van der Waals surface area contributed by atoms with Crippen molar-refractivity contribution in [1.82, 2.24) is 5.32 Å². The lowest BCUT2D eigenvalue weighted by Crippen LogP contribution is -1.87. The fourth-order valence-electron chi connectivity index (χ4n) is 1.93. The summed E-state index contributed by atoms with van der Waals surface area (Å²) < 4.78 is 0. The van der Waals surface area contributed by atoms with Crippen molar-refractivity contribution in [1.29, 1.82) is 0 Å². The van der Waals surface area contributed by atoms with Gasteiger partial charge in [0.15, 0.2) is 0 Å². The number of hydrogen-bond acceptors (Lipinski definition) is 2. The molecule has 2 saturated heterocycles. The third-order valence-corrected chi connectivity index (χ3v) is 3.18. The Morgan fingerprint density at radius 1 is 0.833 bits per heavy atom. The molecule has 92 valence electrons. The number of para-hydroxylation sites is 1. The van der Waals surface area contributed by atoms with Gasteiger partial charge in [-0.1, -0.05) is 48.5 Å². The van der Waals surface area contributed by atoms with Crippen molar-refractivity contribution in [3.8, 4) is 0 Å². The molecule has 1 N–H and O–H groups in total. The smallest absolute Gasteiger partial charge is 0.0447 e. The predicted molar refractivity (Wildman–Crippen MR) is 75.8 cm³/mol. The van der Waals surface area contributed by atoms with Gasteiger partial charge in [0.2, 0.25) is 0 Å². The number of benzene rings is 2. The van der Waals surface area contributed by atoms with Gasteiger partial charge in [-0.15, -0.1) is 0 Å². The van der Waals surface area contributed by atoms with Crippen LogP contribution in [0.3, 0.4) is 0 Å². The lowest BCUT2D eigenvalue weighted by Gasteiger charge is -1.98. The maximum atomic E-state index is 3.25. The number of nitrogens with zero attached hydrogens (tertiary/aromatic N) is 1. The highest BCUT2D eigenvalue weighted by molar-refractivity contribution is 5.50. The van der Waals surface area contributed by atoms with E-state index in [0.717, 1.165) is 6.54 Å². The van der Waals surface area contributed by atoms with Crippen LogP contribution in [0.5, 0.6) is 0 Å². The second-order valence-electron chi connectivity index (χ2n) is 4.69. The summed E-state index contributed by atoms with van der Waals surface area (Å²) in [6.45, 7) is 3.64. The number of rotatable bonds is 2. The van der Waals surface area contributed by atoms with Gasteiger partial charge in [0, 0.05) is 31.4 Å². The van der Waals surface area contributed by atoms with E-state index in [4.69, 9.17) is 0 Å². The van der Waals surface area contributed by atoms with Crippen LogP contribution >= 0.6 is 0 Å². The SMILES string of the molecule is c1ccc(C2CN2)cc1.c1ccc(N2CC2)cc1. The van der Waals surface area contributed by atoms with Gasteiger partial charge in [0.1, 0.15) is 0 Å². The average Bonchev–Trinajstić information content (AvgIpc) is 3.34. The Kier molecular flexibility index (Phi) is 3.29. The summed E-state index contributed by atoms with van der Waals surface area (Å²) in [7, 11) is 0. The van der Waals surface area contributed by atoms with Gasteiger partial charge in [-0.25, -0.2) is 0 Å². The van der Waals surface area contributed by atoms with E-state index in [1.54, 1.807) is 0 Å². The van der Waals surface area contributed by atoms with Gasteiger partial charge in [0.25, 0.3) is 0 Å². The molecule has 0 bridgehead atoms. The highest BCUT2D eigenvalue weighted by atomic mass is 15.3. The quantitative estimate of drug-likeness (QED) is 0.814. The highest BCUT2D eigenvalue weighted by Gasteiger charge is 2.20. The average molecular weight is 238 g/mol. The molecule has 18 heavy (non-hydrogen) atoms. The monoisotopic (exact) mass is 238 g/mol. The van der Waals surface area contributed by atoms with Crippen molar-refractivity contribution in [2.75, 3.05) is 24.5 Å². The fraction of sp³-hybridized carbons (Fsp3) is 0.250. The Morgan fingerprint density at radius 3 is 1.89 bits per heavy atom.